The van der Waals surface area contributed by atoms with Crippen LogP contribution in [0.5, 0.6) is 0 Å². The van der Waals surface area contributed by atoms with E-state index in [1.54, 1.807) is 6.92 Å². The molecule has 1 aliphatic carbocycles. The Morgan fingerprint density at radius 2 is 1.46 bits per heavy atom. The number of ether oxygens (including phenoxy) is 2. The van der Waals surface area contributed by atoms with Crippen LogP contribution in [0.25, 0.3) is 11.1 Å². The van der Waals surface area contributed by atoms with E-state index in [1.165, 1.54) is 0 Å². The van der Waals surface area contributed by atoms with Crippen molar-refractivity contribution in [3.05, 3.63) is 95.6 Å². The maximum absolute atomic E-state index is 12.4. The van der Waals surface area contributed by atoms with E-state index >= 15 is 0 Å². The van der Waals surface area contributed by atoms with Crippen LogP contribution in [-0.2, 0) is 25.5 Å². The van der Waals surface area contributed by atoms with Crippen LogP contribution in [0.4, 0.5) is 4.79 Å². The highest BCUT2D eigenvalue weighted by molar-refractivity contribution is 5.85. The van der Waals surface area contributed by atoms with E-state index in [0.29, 0.717) is 6.42 Å². The molecular formula is C28H27NO6. The average molecular weight is 474 g/mol. The Hall–Kier alpha value is -4.13. The zero-order chi connectivity index (χ0) is 24.8. The lowest BCUT2D eigenvalue weighted by atomic mass is 9.98. The highest BCUT2D eigenvalue weighted by atomic mass is 16.6. The highest BCUT2D eigenvalue weighted by Crippen LogP contribution is 2.44. The second-order valence-electron chi connectivity index (χ2n) is 8.56. The number of carboxylic acids is 1. The van der Waals surface area contributed by atoms with Crippen molar-refractivity contribution in [2.75, 3.05) is 6.61 Å². The number of hydrogen-bond acceptors (Lipinski definition) is 5. The third-order valence-corrected chi connectivity index (χ3v) is 6.00. The van der Waals surface area contributed by atoms with Crippen molar-refractivity contribution in [1.29, 1.82) is 0 Å². The molecule has 7 heteroatoms. The van der Waals surface area contributed by atoms with Gasteiger partial charge in [-0.3, -0.25) is 4.79 Å². The molecule has 4 rings (SSSR count). The fourth-order valence-electron chi connectivity index (χ4n) is 4.41. The van der Waals surface area contributed by atoms with Crippen LogP contribution in [0.15, 0.2) is 78.9 Å². The number of nitrogens with one attached hydrogen (secondary N) is 1. The van der Waals surface area contributed by atoms with Gasteiger partial charge in [0.2, 0.25) is 0 Å². The Morgan fingerprint density at radius 3 is 2.06 bits per heavy atom. The molecular weight excluding hydrogens is 446 g/mol. The van der Waals surface area contributed by atoms with Crippen molar-refractivity contribution in [2.45, 2.75) is 37.8 Å². The average Bonchev–Trinajstić information content (AvgIpc) is 3.16. The smallest absolute Gasteiger partial charge is 0.407 e. The summed E-state index contributed by atoms with van der Waals surface area (Å²) in [5, 5.41) is 11.8. The Labute approximate surface area is 203 Å². The number of amides is 1. The Kier molecular flexibility index (Phi) is 7.45. The van der Waals surface area contributed by atoms with Gasteiger partial charge in [-0.15, -0.1) is 0 Å². The Balaban J connectivity index is 1.31. The van der Waals surface area contributed by atoms with Gasteiger partial charge in [0.1, 0.15) is 18.8 Å². The molecule has 7 nitrogen and oxygen atoms in total. The lowest BCUT2D eigenvalue weighted by Crippen LogP contribution is -2.43. The SMILES string of the molecule is C[C@@H](Cc1ccccc1)OC(=O)C[C@H](NC(=O)OCC1c2ccccc2-c2ccccc21)C(=O)O. The van der Waals surface area contributed by atoms with Gasteiger partial charge in [-0.2, -0.15) is 0 Å². The van der Waals surface area contributed by atoms with Crippen LogP contribution in [0.3, 0.4) is 0 Å². The van der Waals surface area contributed by atoms with Crippen molar-refractivity contribution in [2.24, 2.45) is 0 Å². The summed E-state index contributed by atoms with van der Waals surface area (Å²) in [6.07, 6.45) is -1.33. The summed E-state index contributed by atoms with van der Waals surface area (Å²) in [5.74, 6) is -2.20. The number of alkyl carbamates (subject to hydrolysis) is 1. The molecule has 0 spiro atoms. The van der Waals surface area contributed by atoms with E-state index in [2.05, 4.69) is 5.32 Å². The van der Waals surface area contributed by atoms with Gasteiger partial charge in [-0.05, 0) is 34.7 Å². The summed E-state index contributed by atoms with van der Waals surface area (Å²) in [6, 6.07) is 23.9. The third kappa shape index (κ3) is 5.87. The van der Waals surface area contributed by atoms with E-state index in [-0.39, 0.29) is 12.5 Å². The number of hydrogen-bond donors (Lipinski definition) is 2. The standard InChI is InChI=1S/C28H27NO6/c1-18(15-19-9-3-2-4-10-19)35-26(30)16-25(27(31)32)29-28(33)34-17-24-22-13-7-5-11-20(22)21-12-6-8-14-23(21)24/h2-14,18,24-25H,15-17H2,1H3,(H,29,33)(H,31,32)/t18-,25-/m0/s1. The highest BCUT2D eigenvalue weighted by Gasteiger charge is 2.30. The zero-order valence-electron chi connectivity index (χ0n) is 19.3. The van der Waals surface area contributed by atoms with E-state index in [1.807, 2.05) is 78.9 Å². The summed E-state index contributed by atoms with van der Waals surface area (Å²) in [6.45, 7) is 1.78. The molecule has 2 N–H and O–H groups in total. The van der Waals surface area contributed by atoms with E-state index in [4.69, 9.17) is 9.47 Å². The number of carboxylic acid groups (broad SMARTS) is 1. The first kappa shape index (κ1) is 24.0. The molecule has 180 valence electrons. The van der Waals surface area contributed by atoms with Gasteiger partial charge in [-0.1, -0.05) is 78.9 Å². The minimum atomic E-state index is -1.46. The van der Waals surface area contributed by atoms with Crippen molar-refractivity contribution in [3.8, 4) is 11.1 Å². The van der Waals surface area contributed by atoms with Gasteiger partial charge in [0, 0.05) is 12.3 Å². The van der Waals surface area contributed by atoms with Gasteiger partial charge in [0.15, 0.2) is 0 Å². The fraction of sp³-hybridized carbons (Fsp3) is 0.250. The summed E-state index contributed by atoms with van der Waals surface area (Å²) < 4.78 is 10.7. The zero-order valence-corrected chi connectivity index (χ0v) is 19.3. The first-order chi connectivity index (χ1) is 16.9. The summed E-state index contributed by atoms with van der Waals surface area (Å²) in [4.78, 5) is 36.4. The molecule has 0 unspecified atom stereocenters. The number of carbonyl (C=O) groups excluding carboxylic acids is 2. The van der Waals surface area contributed by atoms with Crippen molar-refractivity contribution in [3.63, 3.8) is 0 Å². The van der Waals surface area contributed by atoms with Crippen LogP contribution >= 0.6 is 0 Å². The number of benzene rings is 3. The van der Waals surface area contributed by atoms with Gasteiger partial charge in [-0.25, -0.2) is 9.59 Å². The topological polar surface area (TPSA) is 102 Å². The maximum atomic E-state index is 12.4. The van der Waals surface area contributed by atoms with Crippen LogP contribution < -0.4 is 5.32 Å². The van der Waals surface area contributed by atoms with Crippen LogP contribution in [0, 0.1) is 0 Å². The molecule has 1 aliphatic rings. The largest absolute Gasteiger partial charge is 0.480 e. The molecule has 0 saturated heterocycles. The van der Waals surface area contributed by atoms with Gasteiger partial charge >= 0.3 is 18.0 Å². The molecule has 0 saturated carbocycles. The number of esters is 1. The van der Waals surface area contributed by atoms with Crippen LogP contribution in [0.1, 0.15) is 36.0 Å². The predicted molar refractivity (Wildman–Crippen MR) is 130 cm³/mol. The van der Waals surface area contributed by atoms with E-state index < -0.39 is 36.6 Å². The van der Waals surface area contributed by atoms with Gasteiger partial charge in [0.25, 0.3) is 0 Å². The molecule has 0 aliphatic heterocycles. The van der Waals surface area contributed by atoms with Crippen molar-refractivity contribution < 1.29 is 29.0 Å². The molecule has 0 aromatic heterocycles. The molecule has 1 amide bonds. The Morgan fingerprint density at radius 1 is 0.886 bits per heavy atom. The number of fused-ring (bicyclic) bond motifs is 3. The summed E-state index contributed by atoms with van der Waals surface area (Å²) in [5.41, 5.74) is 5.28. The summed E-state index contributed by atoms with van der Waals surface area (Å²) in [7, 11) is 0. The molecule has 35 heavy (non-hydrogen) atoms. The lowest BCUT2D eigenvalue weighted by Gasteiger charge is -2.18. The van der Waals surface area contributed by atoms with Crippen molar-refractivity contribution >= 4 is 18.0 Å². The first-order valence-corrected chi connectivity index (χ1v) is 11.5. The second-order valence-corrected chi connectivity index (χ2v) is 8.56. The van der Waals surface area contributed by atoms with Gasteiger partial charge < -0.3 is 19.9 Å². The summed E-state index contributed by atoms with van der Waals surface area (Å²) >= 11 is 0. The molecule has 0 heterocycles. The fourth-order valence-corrected chi connectivity index (χ4v) is 4.41. The van der Waals surface area contributed by atoms with Crippen LogP contribution in [0.2, 0.25) is 0 Å². The molecule has 2 atom stereocenters. The monoisotopic (exact) mass is 473 g/mol. The minimum Gasteiger partial charge on any atom is -0.480 e. The van der Waals surface area contributed by atoms with Crippen LogP contribution in [-0.4, -0.2) is 41.9 Å². The number of rotatable bonds is 9. The van der Waals surface area contributed by atoms with E-state index in [9.17, 15) is 19.5 Å². The van der Waals surface area contributed by atoms with Crippen molar-refractivity contribution in [1.82, 2.24) is 5.32 Å². The predicted octanol–water partition coefficient (Wildman–Crippen LogP) is 4.54. The first-order valence-electron chi connectivity index (χ1n) is 11.5. The molecule has 0 bridgehead atoms. The molecule has 0 radical (unpaired) electrons. The quantitative estimate of drug-likeness (QED) is 0.443. The number of carbonyl (C=O) groups is 3. The molecule has 0 fully saturated rings. The van der Waals surface area contributed by atoms with Gasteiger partial charge in [0.05, 0.1) is 6.42 Å². The third-order valence-electron chi connectivity index (χ3n) is 6.00. The molecule has 3 aromatic rings. The molecule has 3 aromatic carbocycles. The maximum Gasteiger partial charge on any atom is 0.407 e. The normalized spacial score (nSPS) is 13.7. The minimum absolute atomic E-state index is 0.0464. The number of aliphatic carboxylic acids is 1. The lowest BCUT2D eigenvalue weighted by molar-refractivity contribution is -0.152. The Bertz CT molecular complexity index is 1160. The second kappa shape index (κ2) is 10.9. The van der Waals surface area contributed by atoms with E-state index in [0.717, 1.165) is 27.8 Å².